The fraction of sp³-hybridized carbons (Fsp3) is 0.273. The number of nitrogen functional groups attached to an aromatic ring is 1. The number of aryl methyl sites for hydroxylation is 1. The number of carbonyl (C=O) groups is 1. The molecule has 0 spiro atoms. The Bertz CT molecular complexity index is 519. The minimum absolute atomic E-state index is 0.238. The number of H-pyrrole nitrogens is 1. The van der Waals surface area contributed by atoms with Crippen LogP contribution in [-0.4, -0.2) is 23.0 Å². The van der Waals surface area contributed by atoms with E-state index in [4.69, 9.17) is 5.73 Å². The van der Waals surface area contributed by atoms with Crippen LogP contribution in [0.5, 0.6) is 0 Å². The number of fused-ring (bicyclic) bond motifs is 1. The van der Waals surface area contributed by atoms with Crippen LogP contribution in [0.4, 0.5) is 5.82 Å². The van der Waals surface area contributed by atoms with Crippen molar-refractivity contribution < 1.29 is 9.53 Å². The second-order valence-corrected chi connectivity index (χ2v) is 3.49. The Kier molecular flexibility index (Phi) is 2.76. The zero-order valence-electron chi connectivity index (χ0n) is 8.99. The van der Waals surface area contributed by atoms with Crippen LogP contribution in [0.1, 0.15) is 12.0 Å². The van der Waals surface area contributed by atoms with E-state index in [0.29, 0.717) is 18.7 Å². The molecule has 0 aliphatic rings. The van der Waals surface area contributed by atoms with Crippen molar-refractivity contribution in [1.29, 1.82) is 0 Å². The van der Waals surface area contributed by atoms with Gasteiger partial charge < -0.3 is 15.5 Å². The van der Waals surface area contributed by atoms with Crippen molar-refractivity contribution in [1.82, 2.24) is 9.97 Å². The average Bonchev–Trinajstić information content (AvgIpc) is 2.62. The molecule has 3 N–H and O–H groups in total. The number of ether oxygens (including phenoxy) is 1. The zero-order chi connectivity index (χ0) is 11.5. The van der Waals surface area contributed by atoms with Gasteiger partial charge in [-0.3, -0.25) is 4.79 Å². The molecule has 0 fully saturated rings. The molecule has 0 radical (unpaired) electrons. The second-order valence-electron chi connectivity index (χ2n) is 3.49. The van der Waals surface area contributed by atoms with Crippen LogP contribution in [0.3, 0.4) is 0 Å². The van der Waals surface area contributed by atoms with Gasteiger partial charge in [0, 0.05) is 23.6 Å². The molecule has 0 saturated heterocycles. The van der Waals surface area contributed by atoms with Crippen molar-refractivity contribution in [3.63, 3.8) is 0 Å². The fourth-order valence-corrected chi connectivity index (χ4v) is 1.69. The summed E-state index contributed by atoms with van der Waals surface area (Å²) in [5.74, 6) is 0.329. The minimum Gasteiger partial charge on any atom is -0.469 e. The summed E-state index contributed by atoms with van der Waals surface area (Å²) in [6.45, 7) is 0. The lowest BCUT2D eigenvalue weighted by Gasteiger charge is -2.00. The van der Waals surface area contributed by atoms with Crippen molar-refractivity contribution in [2.75, 3.05) is 12.8 Å². The smallest absolute Gasteiger partial charge is 0.305 e. The molecule has 2 rings (SSSR count). The van der Waals surface area contributed by atoms with E-state index in [2.05, 4.69) is 14.7 Å². The van der Waals surface area contributed by atoms with Crippen LogP contribution in [-0.2, 0) is 16.0 Å². The van der Waals surface area contributed by atoms with Gasteiger partial charge in [-0.05, 0) is 18.6 Å². The standard InChI is InChI=1S/C11H13N3O2/c1-16-9(15)5-4-7-8-3-2-6-13-11(8)14-10(7)12/h2-3,6H,4-5,12H2,1H3,(H,13,14). The molecule has 0 bridgehead atoms. The zero-order valence-corrected chi connectivity index (χ0v) is 8.99. The second kappa shape index (κ2) is 4.22. The van der Waals surface area contributed by atoms with E-state index >= 15 is 0 Å². The van der Waals surface area contributed by atoms with Gasteiger partial charge in [0.05, 0.1) is 7.11 Å². The van der Waals surface area contributed by atoms with E-state index in [0.717, 1.165) is 16.6 Å². The summed E-state index contributed by atoms with van der Waals surface area (Å²) in [5.41, 5.74) is 7.51. The number of nitrogens with two attached hydrogens (primary N) is 1. The SMILES string of the molecule is COC(=O)CCc1c(N)[nH]c2ncccc12. The highest BCUT2D eigenvalue weighted by Crippen LogP contribution is 2.23. The number of rotatable bonds is 3. The van der Waals surface area contributed by atoms with Crippen LogP contribution >= 0.6 is 0 Å². The Morgan fingerprint density at radius 3 is 3.19 bits per heavy atom. The molecule has 5 heteroatoms. The van der Waals surface area contributed by atoms with Crippen molar-refractivity contribution in [3.8, 4) is 0 Å². The lowest BCUT2D eigenvalue weighted by Crippen LogP contribution is -2.02. The molecule has 2 heterocycles. The van der Waals surface area contributed by atoms with Gasteiger partial charge in [0.1, 0.15) is 11.5 Å². The number of carbonyl (C=O) groups excluding carboxylic acids is 1. The first kappa shape index (κ1) is 10.5. The first-order chi connectivity index (χ1) is 7.72. The fourth-order valence-electron chi connectivity index (χ4n) is 1.69. The van der Waals surface area contributed by atoms with Crippen LogP contribution in [0.15, 0.2) is 18.3 Å². The van der Waals surface area contributed by atoms with Crippen molar-refractivity contribution in [3.05, 3.63) is 23.9 Å². The predicted molar refractivity (Wildman–Crippen MR) is 60.8 cm³/mol. The summed E-state index contributed by atoms with van der Waals surface area (Å²) >= 11 is 0. The van der Waals surface area contributed by atoms with E-state index in [1.807, 2.05) is 12.1 Å². The molecule has 0 aromatic carbocycles. The normalized spacial score (nSPS) is 10.6. The summed E-state index contributed by atoms with van der Waals surface area (Å²) in [6.07, 6.45) is 2.58. The van der Waals surface area contributed by atoms with E-state index in [1.54, 1.807) is 6.20 Å². The number of hydrogen-bond acceptors (Lipinski definition) is 4. The van der Waals surface area contributed by atoms with Crippen molar-refractivity contribution >= 4 is 22.8 Å². The molecular formula is C11H13N3O2. The van der Waals surface area contributed by atoms with Gasteiger partial charge in [-0.25, -0.2) is 4.98 Å². The van der Waals surface area contributed by atoms with Gasteiger partial charge >= 0.3 is 5.97 Å². The maximum absolute atomic E-state index is 11.1. The highest BCUT2D eigenvalue weighted by molar-refractivity contribution is 5.85. The number of aromatic amines is 1. The maximum Gasteiger partial charge on any atom is 0.305 e. The number of anilines is 1. The lowest BCUT2D eigenvalue weighted by atomic mass is 10.1. The van der Waals surface area contributed by atoms with Gasteiger partial charge in [0.25, 0.3) is 0 Å². The number of hydrogen-bond donors (Lipinski definition) is 2. The van der Waals surface area contributed by atoms with Crippen LogP contribution in [0, 0.1) is 0 Å². The van der Waals surface area contributed by atoms with E-state index < -0.39 is 0 Å². The number of pyridine rings is 1. The third-order valence-corrected chi connectivity index (χ3v) is 2.52. The van der Waals surface area contributed by atoms with E-state index in [1.165, 1.54) is 7.11 Å². The maximum atomic E-state index is 11.1. The Morgan fingerprint density at radius 1 is 1.62 bits per heavy atom. The summed E-state index contributed by atoms with van der Waals surface area (Å²) in [6, 6.07) is 3.78. The highest BCUT2D eigenvalue weighted by Gasteiger charge is 2.11. The van der Waals surface area contributed by atoms with Gasteiger partial charge in [-0.15, -0.1) is 0 Å². The molecule has 0 unspecified atom stereocenters. The lowest BCUT2D eigenvalue weighted by molar-refractivity contribution is -0.140. The summed E-state index contributed by atoms with van der Waals surface area (Å²) < 4.78 is 4.59. The molecule has 0 saturated carbocycles. The Labute approximate surface area is 92.6 Å². The molecule has 84 valence electrons. The molecular weight excluding hydrogens is 206 g/mol. The molecule has 0 atom stereocenters. The highest BCUT2D eigenvalue weighted by atomic mass is 16.5. The largest absolute Gasteiger partial charge is 0.469 e. The Morgan fingerprint density at radius 2 is 2.44 bits per heavy atom. The molecule has 0 amide bonds. The monoisotopic (exact) mass is 219 g/mol. The Balaban J connectivity index is 2.29. The molecule has 5 nitrogen and oxygen atoms in total. The third-order valence-electron chi connectivity index (χ3n) is 2.52. The average molecular weight is 219 g/mol. The van der Waals surface area contributed by atoms with E-state index in [-0.39, 0.29) is 5.97 Å². The molecule has 2 aromatic rings. The van der Waals surface area contributed by atoms with E-state index in [9.17, 15) is 4.79 Å². The molecule has 2 aromatic heterocycles. The number of nitrogens with one attached hydrogen (secondary N) is 1. The van der Waals surface area contributed by atoms with Gasteiger partial charge in [0.2, 0.25) is 0 Å². The third kappa shape index (κ3) is 1.84. The molecule has 0 aliphatic heterocycles. The topological polar surface area (TPSA) is 81.0 Å². The summed E-state index contributed by atoms with van der Waals surface area (Å²) in [7, 11) is 1.38. The quantitative estimate of drug-likeness (QED) is 0.761. The van der Waals surface area contributed by atoms with Gasteiger partial charge in [-0.2, -0.15) is 0 Å². The molecule has 16 heavy (non-hydrogen) atoms. The molecule has 0 aliphatic carbocycles. The summed E-state index contributed by atoms with van der Waals surface area (Å²) in [4.78, 5) is 18.2. The number of aromatic nitrogens is 2. The minimum atomic E-state index is -0.238. The Hall–Kier alpha value is -2.04. The number of nitrogens with zero attached hydrogens (tertiary/aromatic N) is 1. The number of methoxy groups -OCH3 is 1. The van der Waals surface area contributed by atoms with Gasteiger partial charge in [-0.1, -0.05) is 0 Å². The van der Waals surface area contributed by atoms with Crippen molar-refractivity contribution in [2.24, 2.45) is 0 Å². The van der Waals surface area contributed by atoms with Crippen LogP contribution < -0.4 is 5.73 Å². The van der Waals surface area contributed by atoms with Crippen molar-refractivity contribution in [2.45, 2.75) is 12.8 Å². The first-order valence-electron chi connectivity index (χ1n) is 5.00. The number of esters is 1. The predicted octanol–water partition coefficient (Wildman–Crippen LogP) is 1.25. The van der Waals surface area contributed by atoms with Crippen LogP contribution in [0.2, 0.25) is 0 Å². The first-order valence-corrected chi connectivity index (χ1v) is 5.00. The van der Waals surface area contributed by atoms with Gasteiger partial charge in [0.15, 0.2) is 0 Å². The summed E-state index contributed by atoms with van der Waals surface area (Å²) in [5, 5.41) is 0.962. The van der Waals surface area contributed by atoms with Crippen LogP contribution in [0.25, 0.3) is 11.0 Å².